The van der Waals surface area contributed by atoms with Crippen LogP contribution in [0, 0.1) is 5.41 Å². The average Bonchev–Trinajstić information content (AvgIpc) is 2.96. The summed E-state index contributed by atoms with van der Waals surface area (Å²) in [5.41, 5.74) is -0.830. The highest BCUT2D eigenvalue weighted by atomic mass is 19.3. The minimum Gasteiger partial charge on any atom is -0.448 e. The van der Waals surface area contributed by atoms with Gasteiger partial charge in [-0.25, -0.2) is 13.8 Å². The van der Waals surface area contributed by atoms with Gasteiger partial charge in [0.1, 0.15) is 6.26 Å². The predicted molar refractivity (Wildman–Crippen MR) is 71.9 cm³/mol. The first-order chi connectivity index (χ1) is 9.73. The standard InChI is InChI=1S/C14H19F2N3O2/c1-5-6-11-17-9(8-20-11)12-18-10(19-21-12)7-13(2,3)14(4,15)16/h8H,5-7H2,1-4H3. The Labute approximate surface area is 121 Å². The Morgan fingerprint density at radius 3 is 2.52 bits per heavy atom. The van der Waals surface area contributed by atoms with Crippen molar-refractivity contribution in [3.63, 3.8) is 0 Å². The third kappa shape index (κ3) is 3.46. The Morgan fingerprint density at radius 2 is 1.90 bits per heavy atom. The predicted octanol–water partition coefficient (Wildman–Crippen LogP) is 3.90. The molecular formula is C14H19F2N3O2. The number of alkyl halides is 2. The largest absolute Gasteiger partial charge is 0.448 e. The molecule has 2 heterocycles. The van der Waals surface area contributed by atoms with Gasteiger partial charge in [-0.3, -0.25) is 0 Å². The Balaban J connectivity index is 2.14. The lowest BCUT2D eigenvalue weighted by Gasteiger charge is -2.29. The summed E-state index contributed by atoms with van der Waals surface area (Å²) in [5.74, 6) is -1.83. The summed E-state index contributed by atoms with van der Waals surface area (Å²) in [4.78, 5) is 8.34. The number of halogens is 2. The second-order valence-corrected chi connectivity index (χ2v) is 5.84. The van der Waals surface area contributed by atoms with Gasteiger partial charge in [0.05, 0.1) is 0 Å². The van der Waals surface area contributed by atoms with E-state index in [0.717, 1.165) is 19.8 Å². The van der Waals surface area contributed by atoms with Crippen LogP contribution in [0.2, 0.25) is 0 Å². The summed E-state index contributed by atoms with van der Waals surface area (Å²) in [5, 5.41) is 3.75. The quantitative estimate of drug-likeness (QED) is 0.809. The van der Waals surface area contributed by atoms with Crippen molar-refractivity contribution in [2.24, 2.45) is 5.41 Å². The van der Waals surface area contributed by atoms with Crippen molar-refractivity contribution in [3.8, 4) is 11.6 Å². The normalized spacial score (nSPS) is 12.9. The van der Waals surface area contributed by atoms with Crippen molar-refractivity contribution >= 4 is 0 Å². The minimum absolute atomic E-state index is 0.0136. The van der Waals surface area contributed by atoms with E-state index in [2.05, 4.69) is 15.1 Å². The molecule has 0 saturated heterocycles. The third-order valence-electron chi connectivity index (χ3n) is 3.49. The van der Waals surface area contributed by atoms with Gasteiger partial charge in [-0.1, -0.05) is 25.9 Å². The van der Waals surface area contributed by atoms with E-state index in [-0.39, 0.29) is 18.1 Å². The molecule has 7 heteroatoms. The number of nitrogens with zero attached hydrogens (tertiary/aromatic N) is 3. The Morgan fingerprint density at radius 1 is 1.19 bits per heavy atom. The maximum Gasteiger partial charge on any atom is 0.279 e. The zero-order valence-electron chi connectivity index (χ0n) is 12.6. The summed E-state index contributed by atoms with van der Waals surface area (Å²) in [7, 11) is 0. The van der Waals surface area contributed by atoms with E-state index in [1.54, 1.807) is 0 Å². The number of aromatic nitrogens is 3. The third-order valence-corrected chi connectivity index (χ3v) is 3.49. The lowest BCUT2D eigenvalue weighted by Crippen LogP contribution is -2.35. The van der Waals surface area contributed by atoms with Crippen LogP contribution < -0.4 is 0 Å². The van der Waals surface area contributed by atoms with Crippen molar-refractivity contribution < 1.29 is 17.7 Å². The maximum atomic E-state index is 13.5. The maximum absolute atomic E-state index is 13.5. The van der Waals surface area contributed by atoms with Gasteiger partial charge in [-0.15, -0.1) is 0 Å². The van der Waals surface area contributed by atoms with Crippen molar-refractivity contribution in [1.82, 2.24) is 15.1 Å². The van der Waals surface area contributed by atoms with Crippen LogP contribution >= 0.6 is 0 Å². The first-order valence-electron chi connectivity index (χ1n) is 6.88. The zero-order valence-corrected chi connectivity index (χ0v) is 12.6. The van der Waals surface area contributed by atoms with Crippen LogP contribution in [-0.2, 0) is 12.8 Å². The number of aryl methyl sites for hydroxylation is 1. The second kappa shape index (κ2) is 5.54. The van der Waals surface area contributed by atoms with Gasteiger partial charge in [-0.2, -0.15) is 4.98 Å². The number of hydrogen-bond acceptors (Lipinski definition) is 5. The number of oxazole rings is 1. The molecule has 0 N–H and O–H groups in total. The molecule has 0 fully saturated rings. The monoisotopic (exact) mass is 299 g/mol. The summed E-state index contributed by atoms with van der Waals surface area (Å²) in [6.07, 6.45) is 3.08. The van der Waals surface area contributed by atoms with E-state index in [1.807, 2.05) is 6.92 Å². The molecule has 0 atom stereocenters. The highest BCUT2D eigenvalue weighted by Gasteiger charge is 2.43. The summed E-state index contributed by atoms with van der Waals surface area (Å²) >= 11 is 0. The van der Waals surface area contributed by atoms with Crippen molar-refractivity contribution in [1.29, 1.82) is 0 Å². The fourth-order valence-electron chi connectivity index (χ4n) is 1.72. The topological polar surface area (TPSA) is 65.0 Å². The van der Waals surface area contributed by atoms with Crippen molar-refractivity contribution in [3.05, 3.63) is 18.0 Å². The van der Waals surface area contributed by atoms with Gasteiger partial charge in [0.15, 0.2) is 17.4 Å². The second-order valence-electron chi connectivity index (χ2n) is 5.84. The van der Waals surface area contributed by atoms with Gasteiger partial charge in [0, 0.05) is 18.3 Å². The van der Waals surface area contributed by atoms with E-state index in [9.17, 15) is 8.78 Å². The molecule has 2 aromatic rings. The molecule has 0 aliphatic rings. The van der Waals surface area contributed by atoms with E-state index >= 15 is 0 Å². The Bertz CT molecular complexity index is 599. The van der Waals surface area contributed by atoms with E-state index < -0.39 is 11.3 Å². The molecule has 0 spiro atoms. The van der Waals surface area contributed by atoms with Crippen molar-refractivity contribution in [2.45, 2.75) is 52.9 Å². The van der Waals surface area contributed by atoms with Gasteiger partial charge in [-0.05, 0) is 13.3 Å². The fraction of sp³-hybridized carbons (Fsp3) is 0.643. The minimum atomic E-state index is -2.84. The van der Waals surface area contributed by atoms with Crippen LogP contribution in [0.25, 0.3) is 11.6 Å². The molecular weight excluding hydrogens is 280 g/mol. The molecule has 0 aromatic carbocycles. The van der Waals surface area contributed by atoms with E-state index in [0.29, 0.717) is 11.6 Å². The molecule has 0 saturated carbocycles. The van der Waals surface area contributed by atoms with Crippen molar-refractivity contribution in [2.75, 3.05) is 0 Å². The summed E-state index contributed by atoms with van der Waals surface area (Å²) < 4.78 is 37.3. The van der Waals surface area contributed by atoms with Gasteiger partial charge in [0.2, 0.25) is 0 Å². The number of hydrogen-bond donors (Lipinski definition) is 0. The van der Waals surface area contributed by atoms with Crippen LogP contribution in [0.5, 0.6) is 0 Å². The highest BCUT2D eigenvalue weighted by molar-refractivity contribution is 5.43. The smallest absolute Gasteiger partial charge is 0.279 e. The van der Waals surface area contributed by atoms with Crippen LogP contribution in [0.3, 0.4) is 0 Å². The SMILES string of the molecule is CCCc1nc(-c2nc(CC(C)(C)C(C)(F)F)no2)co1. The fourth-order valence-corrected chi connectivity index (χ4v) is 1.72. The molecule has 0 amide bonds. The highest BCUT2D eigenvalue weighted by Crippen LogP contribution is 2.38. The van der Waals surface area contributed by atoms with Gasteiger partial charge >= 0.3 is 0 Å². The van der Waals surface area contributed by atoms with Gasteiger partial charge < -0.3 is 8.94 Å². The van der Waals surface area contributed by atoms with Crippen LogP contribution in [0.4, 0.5) is 8.78 Å². The lowest BCUT2D eigenvalue weighted by atomic mass is 9.83. The average molecular weight is 299 g/mol. The molecule has 0 unspecified atom stereocenters. The molecule has 5 nitrogen and oxygen atoms in total. The molecule has 116 valence electrons. The molecule has 2 rings (SSSR count). The molecule has 21 heavy (non-hydrogen) atoms. The molecule has 2 aromatic heterocycles. The summed E-state index contributed by atoms with van der Waals surface area (Å²) in [6.45, 7) is 5.85. The van der Waals surface area contributed by atoms with E-state index in [1.165, 1.54) is 20.1 Å². The lowest BCUT2D eigenvalue weighted by molar-refractivity contribution is -0.0889. The van der Waals surface area contributed by atoms with Crippen LogP contribution in [0.1, 0.15) is 45.8 Å². The van der Waals surface area contributed by atoms with E-state index in [4.69, 9.17) is 8.94 Å². The first kappa shape index (κ1) is 15.6. The Hall–Kier alpha value is -1.79. The zero-order chi connectivity index (χ0) is 15.7. The van der Waals surface area contributed by atoms with Gasteiger partial charge in [0.25, 0.3) is 11.8 Å². The Kier molecular flexibility index (Phi) is 4.11. The summed E-state index contributed by atoms with van der Waals surface area (Å²) in [6, 6.07) is 0. The first-order valence-corrected chi connectivity index (χ1v) is 6.88. The molecule has 0 aliphatic carbocycles. The number of rotatable bonds is 6. The molecule has 0 radical (unpaired) electrons. The molecule has 0 aliphatic heterocycles. The molecule has 0 bridgehead atoms. The van der Waals surface area contributed by atoms with Crippen LogP contribution in [-0.4, -0.2) is 21.0 Å². The van der Waals surface area contributed by atoms with Crippen LogP contribution in [0.15, 0.2) is 15.2 Å².